The lowest BCUT2D eigenvalue weighted by Gasteiger charge is -2.40. The molecule has 2 N–H and O–H groups in total. The van der Waals surface area contributed by atoms with Gasteiger partial charge in [0.2, 0.25) is 0 Å². The van der Waals surface area contributed by atoms with Crippen LogP contribution in [0.1, 0.15) is 30.7 Å². The van der Waals surface area contributed by atoms with Crippen molar-refractivity contribution in [2.45, 2.75) is 42.2 Å². The molecule has 1 aromatic rings. The van der Waals surface area contributed by atoms with Crippen molar-refractivity contribution in [3.8, 4) is 0 Å². The Labute approximate surface area is 132 Å². The van der Waals surface area contributed by atoms with Crippen molar-refractivity contribution < 1.29 is 8.42 Å². The maximum atomic E-state index is 11.5. The van der Waals surface area contributed by atoms with Gasteiger partial charge in [0.15, 0.2) is 9.84 Å². The molecule has 1 unspecified atom stereocenters. The van der Waals surface area contributed by atoms with Crippen molar-refractivity contribution in [3.63, 3.8) is 0 Å². The molecule has 0 radical (unpaired) electrons. The van der Waals surface area contributed by atoms with Gasteiger partial charge in [-0.15, -0.1) is 0 Å². The van der Waals surface area contributed by atoms with Gasteiger partial charge in [-0.05, 0) is 43.5 Å². The molecule has 0 amide bonds. The number of nitrogens with zero attached hydrogens (tertiary/aromatic N) is 1. The van der Waals surface area contributed by atoms with E-state index in [4.69, 9.17) is 5.73 Å². The first-order valence-corrected chi connectivity index (χ1v) is 9.79. The lowest BCUT2D eigenvalue weighted by atomic mass is 9.85. The van der Waals surface area contributed by atoms with E-state index in [-0.39, 0.29) is 6.04 Å². The van der Waals surface area contributed by atoms with Crippen molar-refractivity contribution in [1.29, 1.82) is 0 Å². The average Bonchev–Trinajstić information content (AvgIpc) is 3.00. The van der Waals surface area contributed by atoms with Crippen LogP contribution >= 0.6 is 0 Å². The summed E-state index contributed by atoms with van der Waals surface area (Å²) in [5, 5.41) is 0. The summed E-state index contributed by atoms with van der Waals surface area (Å²) in [4.78, 5) is 2.88. The van der Waals surface area contributed by atoms with Gasteiger partial charge in [-0.2, -0.15) is 0 Å². The zero-order valence-electron chi connectivity index (χ0n) is 13.0. The predicted octanol–water partition coefficient (Wildman–Crippen LogP) is 1.93. The summed E-state index contributed by atoms with van der Waals surface area (Å²) in [6, 6.07) is 7.98. The van der Waals surface area contributed by atoms with Crippen LogP contribution in [0.3, 0.4) is 0 Å². The molecule has 4 nitrogen and oxygen atoms in total. The van der Waals surface area contributed by atoms with Gasteiger partial charge in [-0.25, -0.2) is 8.42 Å². The van der Waals surface area contributed by atoms with Gasteiger partial charge in [0.25, 0.3) is 0 Å². The molecule has 3 rings (SSSR count). The molecule has 1 aliphatic heterocycles. The van der Waals surface area contributed by atoms with Crippen LogP contribution in [0.25, 0.3) is 0 Å². The van der Waals surface area contributed by atoms with Gasteiger partial charge >= 0.3 is 0 Å². The highest BCUT2D eigenvalue weighted by Gasteiger charge is 2.31. The van der Waals surface area contributed by atoms with Crippen LogP contribution in [0.5, 0.6) is 0 Å². The molecule has 1 saturated heterocycles. The van der Waals surface area contributed by atoms with Crippen LogP contribution in [-0.4, -0.2) is 44.7 Å². The molecule has 1 fully saturated rings. The Kier molecular flexibility index (Phi) is 4.39. The Morgan fingerprint density at radius 2 is 1.77 bits per heavy atom. The molecule has 22 heavy (non-hydrogen) atoms. The second kappa shape index (κ2) is 6.14. The number of hydrogen-bond acceptors (Lipinski definition) is 4. The van der Waals surface area contributed by atoms with E-state index in [1.54, 1.807) is 12.1 Å². The third kappa shape index (κ3) is 3.26. The summed E-state index contributed by atoms with van der Waals surface area (Å²) >= 11 is 0. The van der Waals surface area contributed by atoms with Crippen molar-refractivity contribution >= 4 is 9.84 Å². The molecule has 0 aromatic heterocycles. The number of benzene rings is 1. The Hall–Kier alpha value is -1.17. The molecule has 120 valence electrons. The summed E-state index contributed by atoms with van der Waals surface area (Å²) in [5.74, 6) is 0.319. The third-order valence-corrected chi connectivity index (χ3v) is 6.05. The number of nitrogens with two attached hydrogens (primary N) is 1. The quantitative estimate of drug-likeness (QED) is 0.864. The van der Waals surface area contributed by atoms with Gasteiger partial charge in [0, 0.05) is 30.8 Å². The topological polar surface area (TPSA) is 63.4 Å². The average molecular weight is 320 g/mol. The molecule has 1 aliphatic carbocycles. The van der Waals surface area contributed by atoms with E-state index in [0.717, 1.165) is 37.9 Å². The zero-order valence-corrected chi connectivity index (χ0v) is 13.8. The molecule has 1 heterocycles. The largest absolute Gasteiger partial charge is 0.326 e. The summed E-state index contributed by atoms with van der Waals surface area (Å²) in [6.07, 6.45) is 9.07. The van der Waals surface area contributed by atoms with E-state index in [9.17, 15) is 8.42 Å². The molecule has 0 saturated carbocycles. The Bertz CT molecular complexity index is 644. The van der Waals surface area contributed by atoms with Crippen LogP contribution in [0.15, 0.2) is 41.3 Å². The second-order valence-corrected chi connectivity index (χ2v) is 8.51. The summed E-state index contributed by atoms with van der Waals surface area (Å²) in [6.45, 7) is 1.99. The van der Waals surface area contributed by atoms with Crippen molar-refractivity contribution in [3.05, 3.63) is 42.0 Å². The van der Waals surface area contributed by atoms with Gasteiger partial charge in [0.05, 0.1) is 4.90 Å². The molecular formula is C17H24N2O2S. The highest BCUT2D eigenvalue weighted by Crippen LogP contribution is 2.30. The summed E-state index contributed by atoms with van der Waals surface area (Å²) in [7, 11) is -3.13. The summed E-state index contributed by atoms with van der Waals surface area (Å²) < 4.78 is 23.1. The predicted molar refractivity (Wildman–Crippen MR) is 88.6 cm³/mol. The first kappa shape index (κ1) is 15.7. The van der Waals surface area contributed by atoms with Gasteiger partial charge in [-0.1, -0.05) is 24.3 Å². The van der Waals surface area contributed by atoms with Crippen molar-refractivity contribution in [2.75, 3.05) is 19.3 Å². The molecule has 2 atom stereocenters. The van der Waals surface area contributed by atoms with E-state index in [2.05, 4.69) is 17.1 Å². The Morgan fingerprint density at radius 1 is 1.14 bits per heavy atom. The standard InChI is InChI=1S/C17H24N2O2S/c1-22(20,21)15-8-6-13(7-9-15)16-10-11-19(12-17(16)18)14-4-2-3-5-14/h2-3,6-9,14,16-17H,4-5,10-12,18H2,1H3/t16?,17-/m0/s1. The van der Waals surface area contributed by atoms with E-state index < -0.39 is 9.84 Å². The highest BCUT2D eigenvalue weighted by atomic mass is 32.2. The van der Waals surface area contributed by atoms with E-state index in [1.807, 2.05) is 12.1 Å². The number of sulfone groups is 1. The van der Waals surface area contributed by atoms with Gasteiger partial charge in [0.1, 0.15) is 0 Å². The fourth-order valence-electron chi connectivity index (χ4n) is 3.62. The monoisotopic (exact) mass is 320 g/mol. The number of rotatable bonds is 3. The minimum atomic E-state index is -3.13. The molecule has 0 spiro atoms. The second-order valence-electron chi connectivity index (χ2n) is 6.49. The zero-order chi connectivity index (χ0) is 15.7. The van der Waals surface area contributed by atoms with E-state index in [0.29, 0.717) is 16.9 Å². The van der Waals surface area contributed by atoms with E-state index in [1.165, 1.54) is 6.26 Å². The molecule has 1 aromatic carbocycles. The first-order chi connectivity index (χ1) is 10.4. The smallest absolute Gasteiger partial charge is 0.175 e. The van der Waals surface area contributed by atoms with Crippen LogP contribution < -0.4 is 5.73 Å². The van der Waals surface area contributed by atoms with Crippen LogP contribution in [-0.2, 0) is 9.84 Å². The van der Waals surface area contributed by atoms with Crippen LogP contribution in [0, 0.1) is 0 Å². The van der Waals surface area contributed by atoms with Crippen LogP contribution in [0.4, 0.5) is 0 Å². The highest BCUT2D eigenvalue weighted by molar-refractivity contribution is 7.90. The number of piperidine rings is 1. The fraction of sp³-hybridized carbons (Fsp3) is 0.529. The molecule has 2 aliphatic rings. The molecule has 5 heteroatoms. The SMILES string of the molecule is CS(=O)(=O)c1ccc(C2CCN(C3CC=CC3)C[C@@H]2N)cc1. The van der Waals surface area contributed by atoms with Crippen molar-refractivity contribution in [2.24, 2.45) is 5.73 Å². The normalized spacial score (nSPS) is 27.4. The van der Waals surface area contributed by atoms with Gasteiger partial charge in [-0.3, -0.25) is 4.90 Å². The lowest BCUT2D eigenvalue weighted by molar-refractivity contribution is 0.141. The minimum absolute atomic E-state index is 0.110. The Balaban J connectivity index is 1.68. The van der Waals surface area contributed by atoms with Gasteiger partial charge < -0.3 is 5.73 Å². The molecule has 0 bridgehead atoms. The van der Waals surface area contributed by atoms with E-state index >= 15 is 0 Å². The third-order valence-electron chi connectivity index (χ3n) is 4.93. The first-order valence-electron chi connectivity index (χ1n) is 7.90. The van der Waals surface area contributed by atoms with Crippen molar-refractivity contribution in [1.82, 2.24) is 4.90 Å². The summed E-state index contributed by atoms with van der Waals surface area (Å²) in [5.41, 5.74) is 7.57. The lowest BCUT2D eigenvalue weighted by Crippen LogP contribution is -2.50. The van der Waals surface area contributed by atoms with Crippen LogP contribution in [0.2, 0.25) is 0 Å². The minimum Gasteiger partial charge on any atom is -0.326 e. The number of hydrogen-bond donors (Lipinski definition) is 1. The Morgan fingerprint density at radius 3 is 2.32 bits per heavy atom. The number of likely N-dealkylation sites (tertiary alicyclic amines) is 1. The maximum Gasteiger partial charge on any atom is 0.175 e. The maximum absolute atomic E-state index is 11.5. The molecular weight excluding hydrogens is 296 g/mol. The fourth-order valence-corrected chi connectivity index (χ4v) is 4.25.